The van der Waals surface area contributed by atoms with Gasteiger partial charge in [-0.15, -0.1) is 0 Å². The summed E-state index contributed by atoms with van der Waals surface area (Å²) in [6.45, 7) is 2.52. The number of rotatable bonds is 4. The van der Waals surface area contributed by atoms with Gasteiger partial charge in [0.25, 0.3) is 0 Å². The van der Waals surface area contributed by atoms with Gasteiger partial charge in [-0.25, -0.2) is 13.8 Å². The van der Waals surface area contributed by atoms with E-state index in [4.69, 9.17) is 0 Å². The Morgan fingerprint density at radius 2 is 1.89 bits per heavy atom. The third-order valence-corrected chi connectivity index (χ3v) is 3.71. The molecule has 0 bridgehead atoms. The lowest BCUT2D eigenvalue weighted by Crippen LogP contribution is -2.07. The predicted molar refractivity (Wildman–Crippen MR) is 75.2 cm³/mol. The number of aryl methyl sites for hydroxylation is 1. The molecule has 1 N–H and O–H groups in total. The van der Waals surface area contributed by atoms with Gasteiger partial charge in [0.15, 0.2) is 0 Å². The van der Waals surface area contributed by atoms with Crippen LogP contribution in [-0.4, -0.2) is 11.5 Å². The molecule has 0 aliphatic carbocycles. The Morgan fingerprint density at radius 1 is 1.21 bits per heavy atom. The minimum Gasteiger partial charge on any atom is -0.369 e. The lowest BCUT2D eigenvalue weighted by molar-refractivity contribution is 0.580. The number of benzene rings is 1. The van der Waals surface area contributed by atoms with E-state index in [0.717, 1.165) is 21.9 Å². The zero-order chi connectivity index (χ0) is 13.8. The number of hydrogen-bond acceptors (Lipinski definition) is 2. The molecule has 5 heteroatoms. The maximum atomic E-state index is 13.0. The standard InChI is InChI=1S/C14H13BrF2N2/c1-9-2-4-18-14(13(9)15)19-5-3-10-6-11(16)8-12(17)7-10/h2,4,6-8H,3,5H2,1H3,(H,18,19). The van der Waals surface area contributed by atoms with E-state index in [-0.39, 0.29) is 0 Å². The fraction of sp³-hybridized carbons (Fsp3) is 0.214. The van der Waals surface area contributed by atoms with Crippen LogP contribution < -0.4 is 5.32 Å². The van der Waals surface area contributed by atoms with Crippen molar-refractivity contribution in [3.63, 3.8) is 0 Å². The molecule has 2 nitrogen and oxygen atoms in total. The third kappa shape index (κ3) is 3.73. The lowest BCUT2D eigenvalue weighted by Gasteiger charge is -2.09. The summed E-state index contributed by atoms with van der Waals surface area (Å²) < 4.78 is 26.9. The van der Waals surface area contributed by atoms with E-state index in [0.29, 0.717) is 18.5 Å². The molecule has 0 aliphatic heterocycles. The molecule has 0 amide bonds. The summed E-state index contributed by atoms with van der Waals surface area (Å²) in [6, 6.07) is 5.44. The molecule has 0 saturated heterocycles. The zero-order valence-corrected chi connectivity index (χ0v) is 12.0. The van der Waals surface area contributed by atoms with Crippen LogP contribution in [0.3, 0.4) is 0 Å². The number of aromatic nitrogens is 1. The molecule has 1 heterocycles. The van der Waals surface area contributed by atoms with Crippen LogP contribution in [0.1, 0.15) is 11.1 Å². The summed E-state index contributed by atoms with van der Waals surface area (Å²) in [5.41, 5.74) is 1.70. The van der Waals surface area contributed by atoms with Gasteiger partial charge in [-0.1, -0.05) is 0 Å². The summed E-state index contributed by atoms with van der Waals surface area (Å²) in [7, 11) is 0. The van der Waals surface area contributed by atoms with Crippen LogP contribution in [0.2, 0.25) is 0 Å². The fourth-order valence-electron chi connectivity index (χ4n) is 1.74. The minimum absolute atomic E-state index is 0.525. The van der Waals surface area contributed by atoms with Crippen molar-refractivity contribution in [1.29, 1.82) is 0 Å². The topological polar surface area (TPSA) is 24.9 Å². The van der Waals surface area contributed by atoms with Gasteiger partial charge < -0.3 is 5.32 Å². The molecule has 2 aromatic rings. The first-order chi connectivity index (χ1) is 9.06. The molecule has 0 radical (unpaired) electrons. The van der Waals surface area contributed by atoms with Gasteiger partial charge in [0.05, 0.1) is 4.47 Å². The van der Waals surface area contributed by atoms with Crippen molar-refractivity contribution in [2.75, 3.05) is 11.9 Å². The molecule has 0 fully saturated rings. The first kappa shape index (κ1) is 13.9. The lowest BCUT2D eigenvalue weighted by atomic mass is 10.1. The third-order valence-electron chi connectivity index (χ3n) is 2.71. The maximum absolute atomic E-state index is 13.0. The van der Waals surface area contributed by atoms with Crippen LogP contribution in [0.25, 0.3) is 0 Å². The van der Waals surface area contributed by atoms with Crippen molar-refractivity contribution in [2.45, 2.75) is 13.3 Å². The number of halogens is 3. The van der Waals surface area contributed by atoms with Crippen molar-refractivity contribution >= 4 is 21.7 Å². The van der Waals surface area contributed by atoms with Gasteiger partial charge >= 0.3 is 0 Å². The predicted octanol–water partition coefficient (Wildman–Crippen LogP) is 4.09. The number of anilines is 1. The summed E-state index contributed by atoms with van der Waals surface area (Å²) in [5, 5.41) is 3.14. The quantitative estimate of drug-likeness (QED) is 0.915. The van der Waals surface area contributed by atoms with E-state index in [9.17, 15) is 8.78 Å². The molecule has 2 rings (SSSR count). The van der Waals surface area contributed by atoms with Gasteiger partial charge in [-0.05, 0) is 58.6 Å². The van der Waals surface area contributed by atoms with E-state index in [2.05, 4.69) is 26.2 Å². The molecule has 1 aromatic heterocycles. The van der Waals surface area contributed by atoms with Crippen LogP contribution in [0.15, 0.2) is 34.9 Å². The molecular weight excluding hydrogens is 314 g/mol. The van der Waals surface area contributed by atoms with E-state index >= 15 is 0 Å². The van der Waals surface area contributed by atoms with Gasteiger partial charge in [0.1, 0.15) is 17.5 Å². The highest BCUT2D eigenvalue weighted by Crippen LogP contribution is 2.23. The number of nitrogens with zero attached hydrogens (tertiary/aromatic N) is 1. The Hall–Kier alpha value is -1.49. The van der Waals surface area contributed by atoms with Crippen molar-refractivity contribution in [1.82, 2.24) is 4.98 Å². The van der Waals surface area contributed by atoms with Crippen molar-refractivity contribution < 1.29 is 8.78 Å². The van der Waals surface area contributed by atoms with Crippen molar-refractivity contribution in [3.8, 4) is 0 Å². The molecule has 0 spiro atoms. The zero-order valence-electron chi connectivity index (χ0n) is 10.4. The second kappa shape index (κ2) is 6.10. The largest absolute Gasteiger partial charge is 0.369 e. The van der Waals surface area contributed by atoms with Crippen molar-refractivity contribution in [2.24, 2.45) is 0 Å². The molecule has 100 valence electrons. The van der Waals surface area contributed by atoms with Gasteiger partial charge in [0, 0.05) is 18.8 Å². The number of hydrogen-bond donors (Lipinski definition) is 1. The van der Waals surface area contributed by atoms with E-state index < -0.39 is 11.6 Å². The van der Waals surface area contributed by atoms with Crippen LogP contribution in [-0.2, 0) is 6.42 Å². The first-order valence-corrected chi connectivity index (χ1v) is 6.65. The Morgan fingerprint density at radius 3 is 2.58 bits per heavy atom. The molecule has 0 unspecified atom stereocenters. The Balaban J connectivity index is 1.98. The van der Waals surface area contributed by atoms with Gasteiger partial charge in [0.2, 0.25) is 0 Å². The van der Waals surface area contributed by atoms with Crippen molar-refractivity contribution in [3.05, 3.63) is 57.7 Å². The second-order valence-corrected chi connectivity index (χ2v) is 5.04. The van der Waals surface area contributed by atoms with Gasteiger partial charge in [-0.3, -0.25) is 0 Å². The highest BCUT2D eigenvalue weighted by atomic mass is 79.9. The molecular formula is C14H13BrF2N2. The normalized spacial score (nSPS) is 10.5. The fourth-order valence-corrected chi connectivity index (χ4v) is 2.12. The smallest absolute Gasteiger partial charge is 0.140 e. The number of nitrogens with one attached hydrogen (secondary N) is 1. The monoisotopic (exact) mass is 326 g/mol. The maximum Gasteiger partial charge on any atom is 0.140 e. The van der Waals surface area contributed by atoms with Crippen LogP contribution >= 0.6 is 15.9 Å². The first-order valence-electron chi connectivity index (χ1n) is 5.86. The van der Waals surface area contributed by atoms with E-state index in [1.54, 1.807) is 6.20 Å². The van der Waals surface area contributed by atoms with E-state index in [1.165, 1.54) is 12.1 Å². The Labute approximate surface area is 119 Å². The summed E-state index contributed by atoms with van der Waals surface area (Å²) in [5.74, 6) is -0.369. The average molecular weight is 327 g/mol. The second-order valence-electron chi connectivity index (χ2n) is 4.24. The van der Waals surface area contributed by atoms with Crippen LogP contribution in [0.5, 0.6) is 0 Å². The van der Waals surface area contributed by atoms with Gasteiger partial charge in [-0.2, -0.15) is 0 Å². The highest BCUT2D eigenvalue weighted by Gasteiger charge is 2.04. The van der Waals surface area contributed by atoms with Crippen LogP contribution in [0, 0.1) is 18.6 Å². The molecule has 0 saturated carbocycles. The molecule has 1 aromatic carbocycles. The Bertz CT molecular complexity index is 567. The van der Waals surface area contributed by atoms with E-state index in [1.807, 2.05) is 13.0 Å². The summed E-state index contributed by atoms with van der Waals surface area (Å²) in [6.07, 6.45) is 2.24. The molecule has 0 aliphatic rings. The SMILES string of the molecule is Cc1ccnc(NCCc2cc(F)cc(F)c2)c1Br. The highest BCUT2D eigenvalue weighted by molar-refractivity contribution is 9.10. The Kier molecular flexibility index (Phi) is 4.47. The molecule has 19 heavy (non-hydrogen) atoms. The molecule has 0 atom stereocenters. The number of pyridine rings is 1. The average Bonchev–Trinajstić information content (AvgIpc) is 2.33. The summed E-state index contributed by atoms with van der Waals surface area (Å²) in [4.78, 5) is 4.20. The van der Waals surface area contributed by atoms with Crippen LogP contribution in [0.4, 0.5) is 14.6 Å². The summed E-state index contributed by atoms with van der Waals surface area (Å²) >= 11 is 3.44. The minimum atomic E-state index is -0.551.